The Morgan fingerprint density at radius 1 is 0.794 bits per heavy atom. The van der Waals surface area contributed by atoms with Gasteiger partial charge in [-0.15, -0.1) is 0 Å². The SMILES string of the molecule is CCCCCc1c(C(=O)OC)c(C(=O)OC)c(-c2ccccc2)c2c1[Si](C)(C)c1ccccc1-2. The molecule has 0 saturated carbocycles. The summed E-state index contributed by atoms with van der Waals surface area (Å²) in [7, 11) is 0.582. The van der Waals surface area contributed by atoms with E-state index >= 15 is 0 Å². The third-order valence-corrected chi connectivity index (χ3v) is 10.6. The number of esters is 2. The molecule has 176 valence electrons. The number of carbonyl (C=O) groups is 2. The lowest BCUT2D eigenvalue weighted by atomic mass is 9.83. The summed E-state index contributed by atoms with van der Waals surface area (Å²) in [5, 5.41) is 2.58. The monoisotopic (exact) mass is 472 g/mol. The molecule has 3 aromatic rings. The van der Waals surface area contributed by atoms with Crippen molar-refractivity contribution >= 4 is 30.4 Å². The molecular formula is C29H32O4Si. The van der Waals surface area contributed by atoms with Gasteiger partial charge >= 0.3 is 11.9 Å². The van der Waals surface area contributed by atoms with Crippen molar-refractivity contribution in [1.82, 2.24) is 0 Å². The lowest BCUT2D eigenvalue weighted by Crippen LogP contribution is -2.51. The molecule has 0 aromatic heterocycles. The fourth-order valence-electron chi connectivity index (χ4n) is 5.47. The number of hydrogen-bond donors (Lipinski definition) is 0. The highest BCUT2D eigenvalue weighted by Crippen LogP contribution is 2.42. The van der Waals surface area contributed by atoms with Crippen LogP contribution >= 0.6 is 0 Å². The molecule has 4 rings (SSSR count). The van der Waals surface area contributed by atoms with Crippen molar-refractivity contribution in [3.8, 4) is 22.3 Å². The Morgan fingerprint density at radius 2 is 1.41 bits per heavy atom. The first-order valence-corrected chi connectivity index (χ1v) is 14.9. The lowest BCUT2D eigenvalue weighted by molar-refractivity contribution is 0.0555. The zero-order chi connectivity index (χ0) is 24.5. The van der Waals surface area contributed by atoms with Crippen LogP contribution in [0.3, 0.4) is 0 Å². The second-order valence-electron chi connectivity index (χ2n) is 9.33. The number of benzene rings is 3. The summed E-state index contributed by atoms with van der Waals surface area (Å²) in [6.07, 6.45) is 3.80. The van der Waals surface area contributed by atoms with E-state index in [0.29, 0.717) is 11.1 Å². The van der Waals surface area contributed by atoms with Crippen LogP contribution in [0.2, 0.25) is 13.1 Å². The Morgan fingerprint density at radius 3 is 2.06 bits per heavy atom. The van der Waals surface area contributed by atoms with Crippen molar-refractivity contribution in [3.05, 3.63) is 71.3 Å². The average Bonchev–Trinajstić information content (AvgIpc) is 3.10. The number of carbonyl (C=O) groups excluding carboxylic acids is 2. The smallest absolute Gasteiger partial charge is 0.339 e. The minimum Gasteiger partial charge on any atom is -0.465 e. The first-order valence-electron chi connectivity index (χ1n) is 11.9. The summed E-state index contributed by atoms with van der Waals surface area (Å²) in [5.41, 5.74) is 5.55. The molecule has 0 atom stereocenters. The van der Waals surface area contributed by atoms with Gasteiger partial charge in [0.15, 0.2) is 0 Å². The Balaban J connectivity index is 2.24. The number of methoxy groups -OCH3 is 2. The van der Waals surface area contributed by atoms with Gasteiger partial charge in [-0.3, -0.25) is 0 Å². The van der Waals surface area contributed by atoms with Crippen LogP contribution in [0.4, 0.5) is 0 Å². The van der Waals surface area contributed by atoms with Crippen LogP contribution in [0.5, 0.6) is 0 Å². The summed E-state index contributed by atoms with van der Waals surface area (Å²) in [4.78, 5) is 26.7. The molecule has 34 heavy (non-hydrogen) atoms. The summed E-state index contributed by atoms with van der Waals surface area (Å²) < 4.78 is 10.6. The summed E-state index contributed by atoms with van der Waals surface area (Å²) >= 11 is 0. The van der Waals surface area contributed by atoms with Crippen LogP contribution in [0.25, 0.3) is 22.3 Å². The number of hydrogen-bond acceptors (Lipinski definition) is 4. The van der Waals surface area contributed by atoms with Gasteiger partial charge < -0.3 is 9.47 Å². The van der Waals surface area contributed by atoms with Crippen LogP contribution < -0.4 is 10.4 Å². The average molecular weight is 473 g/mol. The third-order valence-electron chi connectivity index (χ3n) is 6.97. The Labute approximate surface area is 202 Å². The second kappa shape index (κ2) is 9.59. The molecule has 0 aliphatic carbocycles. The zero-order valence-corrected chi connectivity index (χ0v) is 21.7. The molecule has 0 saturated heterocycles. The first kappa shape index (κ1) is 24.0. The highest BCUT2D eigenvalue weighted by atomic mass is 28.3. The van der Waals surface area contributed by atoms with Crippen LogP contribution in [-0.4, -0.2) is 34.2 Å². The number of rotatable bonds is 7. The van der Waals surface area contributed by atoms with Crippen LogP contribution in [0.1, 0.15) is 52.5 Å². The maximum atomic E-state index is 13.4. The quantitative estimate of drug-likeness (QED) is 0.260. The van der Waals surface area contributed by atoms with Crippen molar-refractivity contribution in [2.75, 3.05) is 14.2 Å². The van der Waals surface area contributed by atoms with Gasteiger partial charge in [0.1, 0.15) is 8.07 Å². The maximum Gasteiger partial charge on any atom is 0.339 e. The predicted octanol–water partition coefficient (Wildman–Crippen LogP) is 5.46. The van der Waals surface area contributed by atoms with Crippen LogP contribution in [0, 0.1) is 0 Å². The number of unbranched alkanes of at least 4 members (excludes halogenated alkanes) is 2. The molecule has 0 unspecified atom stereocenters. The molecule has 0 amide bonds. The van der Waals surface area contributed by atoms with E-state index in [1.165, 1.54) is 24.6 Å². The van der Waals surface area contributed by atoms with Crippen molar-refractivity contribution < 1.29 is 19.1 Å². The van der Waals surface area contributed by atoms with Gasteiger partial charge in [0.05, 0.1) is 25.3 Å². The minimum atomic E-state index is -2.17. The number of fused-ring (bicyclic) bond motifs is 3. The van der Waals surface area contributed by atoms with E-state index < -0.39 is 20.0 Å². The third kappa shape index (κ3) is 3.78. The molecule has 0 radical (unpaired) electrons. The summed E-state index contributed by atoms with van der Waals surface area (Å²) in [5.74, 6) is -0.990. The van der Waals surface area contributed by atoms with Gasteiger partial charge in [-0.05, 0) is 45.5 Å². The summed E-state index contributed by atoms with van der Waals surface area (Å²) in [6, 6.07) is 18.4. The Kier molecular flexibility index (Phi) is 6.76. The van der Waals surface area contributed by atoms with E-state index in [4.69, 9.17) is 9.47 Å². The van der Waals surface area contributed by atoms with Gasteiger partial charge in [0.2, 0.25) is 0 Å². The van der Waals surface area contributed by atoms with E-state index in [0.717, 1.165) is 53.5 Å². The maximum absolute atomic E-state index is 13.4. The van der Waals surface area contributed by atoms with Crippen molar-refractivity contribution in [3.63, 3.8) is 0 Å². The fourth-order valence-corrected chi connectivity index (χ4v) is 9.02. The molecule has 1 aliphatic heterocycles. The molecule has 0 N–H and O–H groups in total. The topological polar surface area (TPSA) is 52.6 Å². The van der Waals surface area contributed by atoms with E-state index in [2.05, 4.69) is 44.3 Å². The predicted molar refractivity (Wildman–Crippen MR) is 140 cm³/mol. The molecule has 1 heterocycles. The largest absolute Gasteiger partial charge is 0.465 e. The summed E-state index contributed by atoms with van der Waals surface area (Å²) in [6.45, 7) is 6.85. The normalized spacial score (nSPS) is 13.2. The van der Waals surface area contributed by atoms with Crippen molar-refractivity contribution in [2.24, 2.45) is 0 Å². The molecule has 0 bridgehead atoms. The molecule has 5 heteroatoms. The van der Waals surface area contributed by atoms with E-state index in [-0.39, 0.29) is 0 Å². The lowest BCUT2D eigenvalue weighted by Gasteiger charge is -2.27. The number of ether oxygens (including phenoxy) is 2. The van der Waals surface area contributed by atoms with Crippen LogP contribution in [0.15, 0.2) is 54.6 Å². The molecule has 3 aromatic carbocycles. The van der Waals surface area contributed by atoms with Crippen molar-refractivity contribution in [1.29, 1.82) is 0 Å². The highest BCUT2D eigenvalue weighted by Gasteiger charge is 2.44. The van der Waals surface area contributed by atoms with E-state index in [9.17, 15) is 9.59 Å². The molecular weight excluding hydrogens is 440 g/mol. The minimum absolute atomic E-state index is 0.312. The standard InChI is InChI=1S/C29H32O4Si/c1-6-7-9-17-21-25(28(30)32-2)26(29(31)33-3)23(19-14-10-8-11-15-19)24-20-16-12-13-18-22(20)34(4,5)27(21)24/h8,10-16,18H,6-7,9,17H2,1-5H3. The fraction of sp³-hybridized carbons (Fsp3) is 0.310. The van der Waals surface area contributed by atoms with Crippen molar-refractivity contribution in [2.45, 2.75) is 45.7 Å². The van der Waals surface area contributed by atoms with Gasteiger partial charge in [0.25, 0.3) is 0 Å². The van der Waals surface area contributed by atoms with Gasteiger partial charge in [-0.1, -0.05) is 87.5 Å². The molecule has 0 fully saturated rings. The molecule has 4 nitrogen and oxygen atoms in total. The highest BCUT2D eigenvalue weighted by molar-refractivity contribution is 7.04. The van der Waals surface area contributed by atoms with Gasteiger partial charge in [0, 0.05) is 5.56 Å². The molecule has 0 spiro atoms. The van der Waals surface area contributed by atoms with Gasteiger partial charge in [-0.25, -0.2) is 9.59 Å². The zero-order valence-electron chi connectivity index (χ0n) is 20.7. The Hall–Kier alpha value is -3.18. The van der Waals surface area contributed by atoms with E-state index in [1.54, 1.807) is 0 Å². The Bertz CT molecular complexity index is 1240. The van der Waals surface area contributed by atoms with E-state index in [1.807, 2.05) is 30.3 Å². The van der Waals surface area contributed by atoms with Gasteiger partial charge in [-0.2, -0.15) is 0 Å². The second-order valence-corrected chi connectivity index (χ2v) is 13.6. The van der Waals surface area contributed by atoms with Crippen LogP contribution in [-0.2, 0) is 15.9 Å². The molecule has 1 aliphatic rings. The first-order chi connectivity index (χ1) is 16.4.